The lowest BCUT2D eigenvalue weighted by molar-refractivity contribution is 0.0714. The third kappa shape index (κ3) is 2.99. The van der Waals surface area contributed by atoms with Gasteiger partial charge in [0, 0.05) is 24.7 Å². The number of benzene rings is 1. The van der Waals surface area contributed by atoms with Gasteiger partial charge in [-0.2, -0.15) is 0 Å². The molecule has 3 rings (SSSR count). The minimum absolute atomic E-state index is 0.0644. The highest BCUT2D eigenvalue weighted by atomic mass is 32.1. The number of thiazole rings is 1. The van der Waals surface area contributed by atoms with Gasteiger partial charge in [-0.1, -0.05) is 30.3 Å². The molecule has 0 aliphatic carbocycles. The highest BCUT2D eigenvalue weighted by Crippen LogP contribution is 2.29. The fourth-order valence-corrected chi connectivity index (χ4v) is 3.61. The molecule has 1 aliphatic heterocycles. The van der Waals surface area contributed by atoms with E-state index in [4.69, 9.17) is 5.73 Å². The zero-order chi connectivity index (χ0) is 14.8. The van der Waals surface area contributed by atoms with E-state index in [0.29, 0.717) is 6.54 Å². The summed E-state index contributed by atoms with van der Waals surface area (Å²) in [5.41, 5.74) is 7.78. The Bertz CT molecular complexity index is 638. The van der Waals surface area contributed by atoms with Gasteiger partial charge in [0.1, 0.15) is 4.88 Å². The largest absolute Gasteiger partial charge is 0.336 e. The number of nitrogens with two attached hydrogens (primary N) is 1. The number of amides is 1. The Balaban J connectivity index is 1.93. The van der Waals surface area contributed by atoms with Crippen LogP contribution in [-0.2, 0) is 0 Å². The maximum atomic E-state index is 12.8. The minimum atomic E-state index is 0.0644. The van der Waals surface area contributed by atoms with Crippen LogP contribution in [0.2, 0.25) is 0 Å². The van der Waals surface area contributed by atoms with E-state index in [0.717, 1.165) is 40.5 Å². The second-order valence-electron chi connectivity index (χ2n) is 5.43. The van der Waals surface area contributed by atoms with E-state index in [1.54, 1.807) is 0 Å². The van der Waals surface area contributed by atoms with Crippen LogP contribution in [0, 0.1) is 6.92 Å². The molecule has 1 unspecified atom stereocenters. The highest BCUT2D eigenvalue weighted by Gasteiger charge is 2.26. The number of piperidine rings is 1. The van der Waals surface area contributed by atoms with Gasteiger partial charge in [0.15, 0.2) is 0 Å². The molecular weight excluding hydrogens is 282 g/mol. The lowest BCUT2D eigenvalue weighted by Gasteiger charge is -2.30. The van der Waals surface area contributed by atoms with Gasteiger partial charge in [-0.25, -0.2) is 4.98 Å². The van der Waals surface area contributed by atoms with E-state index in [1.165, 1.54) is 11.3 Å². The number of aryl methyl sites for hydroxylation is 1. The van der Waals surface area contributed by atoms with Crippen molar-refractivity contribution in [2.24, 2.45) is 5.73 Å². The van der Waals surface area contributed by atoms with Gasteiger partial charge in [-0.15, -0.1) is 11.3 Å². The van der Waals surface area contributed by atoms with E-state index in [-0.39, 0.29) is 11.9 Å². The summed E-state index contributed by atoms with van der Waals surface area (Å²) in [6.07, 6.45) is 1.97. The molecule has 0 bridgehead atoms. The predicted molar refractivity (Wildman–Crippen MR) is 85.4 cm³/mol. The molecule has 1 fully saturated rings. The first-order valence-corrected chi connectivity index (χ1v) is 8.04. The summed E-state index contributed by atoms with van der Waals surface area (Å²) in [6.45, 7) is 3.37. The number of carbonyl (C=O) groups excluding carboxylic acids is 1. The topological polar surface area (TPSA) is 59.2 Å². The van der Waals surface area contributed by atoms with E-state index >= 15 is 0 Å². The molecule has 1 atom stereocenters. The van der Waals surface area contributed by atoms with Crippen LogP contribution in [0.1, 0.15) is 27.5 Å². The first kappa shape index (κ1) is 14.2. The number of carbonyl (C=O) groups is 1. The van der Waals surface area contributed by atoms with Crippen molar-refractivity contribution in [3.63, 3.8) is 0 Å². The van der Waals surface area contributed by atoms with Crippen molar-refractivity contribution in [1.29, 1.82) is 0 Å². The molecule has 21 heavy (non-hydrogen) atoms. The molecule has 1 saturated heterocycles. The van der Waals surface area contributed by atoms with Gasteiger partial charge in [-0.05, 0) is 19.8 Å². The van der Waals surface area contributed by atoms with Gasteiger partial charge in [-0.3, -0.25) is 4.79 Å². The Morgan fingerprint density at radius 2 is 2.14 bits per heavy atom. The Morgan fingerprint density at radius 1 is 1.38 bits per heavy atom. The standard InChI is InChI=1S/C16H19N3OS/c1-11-18-14(12-6-3-2-4-7-12)15(21-11)16(20)19-9-5-8-13(17)10-19/h2-4,6-7,13H,5,8-10,17H2,1H3. The molecule has 4 nitrogen and oxygen atoms in total. The third-order valence-electron chi connectivity index (χ3n) is 3.72. The van der Waals surface area contributed by atoms with E-state index < -0.39 is 0 Å². The second-order valence-corrected chi connectivity index (χ2v) is 6.63. The van der Waals surface area contributed by atoms with Crippen LogP contribution in [0.4, 0.5) is 0 Å². The SMILES string of the molecule is Cc1nc(-c2ccccc2)c(C(=O)N2CCCC(N)C2)s1. The summed E-state index contributed by atoms with van der Waals surface area (Å²) < 4.78 is 0. The number of rotatable bonds is 2. The molecule has 2 aromatic rings. The number of hydrogen-bond acceptors (Lipinski definition) is 4. The van der Waals surface area contributed by atoms with Crippen molar-refractivity contribution in [3.8, 4) is 11.3 Å². The van der Waals surface area contributed by atoms with Crippen LogP contribution in [0.15, 0.2) is 30.3 Å². The summed E-state index contributed by atoms with van der Waals surface area (Å²) in [4.78, 5) is 19.9. The number of aromatic nitrogens is 1. The zero-order valence-corrected chi connectivity index (χ0v) is 12.9. The van der Waals surface area contributed by atoms with E-state index in [9.17, 15) is 4.79 Å². The monoisotopic (exact) mass is 301 g/mol. The van der Waals surface area contributed by atoms with E-state index in [1.807, 2.05) is 42.2 Å². The molecular formula is C16H19N3OS. The Labute approximate surface area is 128 Å². The fourth-order valence-electron chi connectivity index (χ4n) is 2.70. The first-order valence-electron chi connectivity index (χ1n) is 7.23. The molecule has 0 spiro atoms. The van der Waals surface area contributed by atoms with Crippen LogP contribution >= 0.6 is 11.3 Å². The highest BCUT2D eigenvalue weighted by molar-refractivity contribution is 7.14. The van der Waals surface area contributed by atoms with Crippen molar-refractivity contribution in [2.75, 3.05) is 13.1 Å². The summed E-state index contributed by atoms with van der Waals surface area (Å²) in [5.74, 6) is 0.0644. The Hall–Kier alpha value is -1.72. The lowest BCUT2D eigenvalue weighted by Crippen LogP contribution is -2.45. The van der Waals surface area contributed by atoms with Crippen molar-refractivity contribution in [2.45, 2.75) is 25.8 Å². The molecule has 2 heterocycles. The summed E-state index contributed by atoms with van der Waals surface area (Å²) in [7, 11) is 0. The molecule has 1 amide bonds. The van der Waals surface area contributed by atoms with Gasteiger partial charge in [0.2, 0.25) is 0 Å². The van der Waals surface area contributed by atoms with Crippen LogP contribution in [0.3, 0.4) is 0 Å². The molecule has 5 heteroatoms. The number of likely N-dealkylation sites (tertiary alicyclic amines) is 1. The molecule has 0 saturated carbocycles. The Morgan fingerprint density at radius 3 is 2.86 bits per heavy atom. The minimum Gasteiger partial charge on any atom is -0.336 e. The summed E-state index contributed by atoms with van der Waals surface area (Å²) in [6, 6.07) is 9.98. The average Bonchev–Trinajstić information content (AvgIpc) is 2.89. The Kier molecular flexibility index (Phi) is 4.03. The van der Waals surface area contributed by atoms with Crippen molar-refractivity contribution >= 4 is 17.2 Å². The summed E-state index contributed by atoms with van der Waals surface area (Å²) >= 11 is 1.47. The van der Waals surface area contributed by atoms with E-state index in [2.05, 4.69) is 4.98 Å². The fraction of sp³-hybridized carbons (Fsp3) is 0.375. The third-order valence-corrected chi connectivity index (χ3v) is 4.68. The number of hydrogen-bond donors (Lipinski definition) is 1. The van der Waals surface area contributed by atoms with Gasteiger partial charge in [0.05, 0.1) is 10.7 Å². The average molecular weight is 301 g/mol. The molecule has 0 radical (unpaired) electrons. The molecule has 2 N–H and O–H groups in total. The normalized spacial score (nSPS) is 18.8. The maximum absolute atomic E-state index is 12.8. The van der Waals surface area contributed by atoms with Crippen molar-refractivity contribution in [3.05, 3.63) is 40.2 Å². The molecule has 1 aromatic heterocycles. The molecule has 1 aliphatic rings. The van der Waals surface area contributed by atoms with Crippen LogP contribution < -0.4 is 5.73 Å². The lowest BCUT2D eigenvalue weighted by atomic mass is 10.1. The van der Waals surface area contributed by atoms with Crippen LogP contribution in [0.5, 0.6) is 0 Å². The second kappa shape index (κ2) is 5.95. The molecule has 1 aromatic carbocycles. The first-order chi connectivity index (χ1) is 10.1. The molecule has 110 valence electrons. The zero-order valence-electron chi connectivity index (χ0n) is 12.1. The number of nitrogens with zero attached hydrogens (tertiary/aromatic N) is 2. The van der Waals surface area contributed by atoms with Gasteiger partial charge >= 0.3 is 0 Å². The maximum Gasteiger partial charge on any atom is 0.266 e. The smallest absolute Gasteiger partial charge is 0.266 e. The van der Waals surface area contributed by atoms with Crippen molar-refractivity contribution in [1.82, 2.24) is 9.88 Å². The van der Waals surface area contributed by atoms with Crippen LogP contribution in [0.25, 0.3) is 11.3 Å². The van der Waals surface area contributed by atoms with Gasteiger partial charge < -0.3 is 10.6 Å². The van der Waals surface area contributed by atoms with Crippen molar-refractivity contribution < 1.29 is 4.79 Å². The quantitative estimate of drug-likeness (QED) is 0.927. The van der Waals surface area contributed by atoms with Gasteiger partial charge in [0.25, 0.3) is 5.91 Å². The summed E-state index contributed by atoms with van der Waals surface area (Å²) in [5, 5.41) is 0.915. The van der Waals surface area contributed by atoms with Crippen LogP contribution in [-0.4, -0.2) is 34.9 Å². The predicted octanol–water partition coefficient (Wildman–Crippen LogP) is 2.68.